The van der Waals surface area contributed by atoms with Crippen LogP contribution in [0.1, 0.15) is 0 Å². The quantitative estimate of drug-likeness (QED) is 0.517. The smallest absolute Gasteiger partial charge is 0.251 e. The fraction of sp³-hybridized carbons (Fsp3) is 0.250. The molecular formula is C4H3ClFN2. The number of rotatable bonds is 0. The van der Waals surface area contributed by atoms with Crippen LogP contribution >= 0.6 is 11.6 Å². The van der Waals surface area contributed by atoms with Crippen LogP contribution in [0.3, 0.4) is 0 Å². The fourth-order valence-corrected chi connectivity index (χ4v) is 0.549. The molecule has 0 saturated heterocycles. The van der Waals surface area contributed by atoms with Crippen LogP contribution in [0.25, 0.3) is 0 Å². The first-order chi connectivity index (χ1) is 3.70. The van der Waals surface area contributed by atoms with Gasteiger partial charge >= 0.3 is 0 Å². The van der Waals surface area contributed by atoms with Crippen LogP contribution in [0, 0.1) is 12.1 Å². The lowest BCUT2D eigenvalue weighted by Crippen LogP contribution is -1.87. The second-order valence-corrected chi connectivity index (χ2v) is 1.72. The lowest BCUT2D eigenvalue weighted by Gasteiger charge is -1.76. The molecule has 0 atom stereocenters. The number of hydrogen-bond donors (Lipinski definition) is 0. The van der Waals surface area contributed by atoms with Gasteiger partial charge in [-0.3, -0.25) is 4.68 Å². The Bertz CT molecular complexity index is 176. The van der Waals surface area contributed by atoms with Crippen molar-refractivity contribution in [2.24, 2.45) is 7.05 Å². The third-order valence-electron chi connectivity index (χ3n) is 0.679. The van der Waals surface area contributed by atoms with E-state index in [2.05, 4.69) is 11.3 Å². The van der Waals surface area contributed by atoms with E-state index in [4.69, 9.17) is 11.6 Å². The van der Waals surface area contributed by atoms with E-state index in [0.29, 0.717) is 0 Å². The topological polar surface area (TPSA) is 17.8 Å². The van der Waals surface area contributed by atoms with E-state index < -0.39 is 5.95 Å². The van der Waals surface area contributed by atoms with Gasteiger partial charge < -0.3 is 0 Å². The highest BCUT2D eigenvalue weighted by Crippen LogP contribution is 2.08. The van der Waals surface area contributed by atoms with Crippen molar-refractivity contribution in [3.63, 3.8) is 0 Å². The largest absolute Gasteiger partial charge is 0.262 e. The van der Waals surface area contributed by atoms with Crippen LogP contribution in [0.2, 0.25) is 5.02 Å². The molecule has 1 aromatic heterocycles. The zero-order chi connectivity index (χ0) is 6.15. The van der Waals surface area contributed by atoms with Gasteiger partial charge in [-0.05, 0) is 0 Å². The van der Waals surface area contributed by atoms with Crippen LogP contribution < -0.4 is 0 Å². The standard InChI is InChI=1S/C4H3ClFN2/c1-8-2-3(5)4(6)7-8/h1H3. The first-order valence-electron chi connectivity index (χ1n) is 1.97. The molecule has 0 aliphatic heterocycles. The summed E-state index contributed by atoms with van der Waals surface area (Å²) >= 11 is 5.22. The molecule has 0 N–H and O–H groups in total. The van der Waals surface area contributed by atoms with Gasteiger partial charge in [0.25, 0.3) is 5.95 Å². The van der Waals surface area contributed by atoms with Crippen molar-refractivity contribution >= 4 is 11.6 Å². The molecule has 0 saturated carbocycles. The van der Waals surface area contributed by atoms with Crippen molar-refractivity contribution in [3.05, 3.63) is 17.2 Å². The Morgan fingerprint density at radius 2 is 2.50 bits per heavy atom. The van der Waals surface area contributed by atoms with Gasteiger partial charge in [0.1, 0.15) is 11.2 Å². The first-order valence-corrected chi connectivity index (χ1v) is 2.35. The Hall–Kier alpha value is -0.570. The summed E-state index contributed by atoms with van der Waals surface area (Å²) in [6, 6.07) is 0. The average Bonchev–Trinajstić information content (AvgIpc) is 1.85. The summed E-state index contributed by atoms with van der Waals surface area (Å²) in [6.45, 7) is 0. The molecule has 0 amide bonds. The molecule has 4 heteroatoms. The molecule has 0 fully saturated rings. The summed E-state index contributed by atoms with van der Waals surface area (Å²) in [5.41, 5.74) is 0. The lowest BCUT2D eigenvalue weighted by molar-refractivity contribution is 0.553. The second kappa shape index (κ2) is 1.74. The van der Waals surface area contributed by atoms with Crippen molar-refractivity contribution in [1.29, 1.82) is 0 Å². The van der Waals surface area contributed by atoms with Crippen molar-refractivity contribution in [3.8, 4) is 0 Å². The zero-order valence-electron chi connectivity index (χ0n) is 4.15. The Balaban J connectivity index is 3.14. The summed E-state index contributed by atoms with van der Waals surface area (Å²) in [5.74, 6) is -0.672. The van der Waals surface area contributed by atoms with E-state index in [9.17, 15) is 4.39 Å². The van der Waals surface area contributed by atoms with Crippen LogP contribution in [-0.2, 0) is 7.05 Å². The molecular weight excluding hydrogens is 131 g/mol. The van der Waals surface area contributed by atoms with Gasteiger partial charge in [-0.25, -0.2) is 0 Å². The van der Waals surface area contributed by atoms with Crippen molar-refractivity contribution in [2.45, 2.75) is 0 Å². The van der Waals surface area contributed by atoms with Crippen LogP contribution in [0.5, 0.6) is 0 Å². The fourth-order valence-electron chi connectivity index (χ4n) is 0.389. The van der Waals surface area contributed by atoms with Crippen LogP contribution in [-0.4, -0.2) is 9.78 Å². The predicted molar refractivity (Wildman–Crippen MR) is 27.0 cm³/mol. The third-order valence-corrected chi connectivity index (χ3v) is 0.919. The Labute approximate surface area is 50.9 Å². The monoisotopic (exact) mass is 133 g/mol. The highest BCUT2D eigenvalue weighted by atomic mass is 35.5. The van der Waals surface area contributed by atoms with Gasteiger partial charge in [-0.15, -0.1) is 5.10 Å². The molecule has 1 heterocycles. The van der Waals surface area contributed by atoms with E-state index in [1.807, 2.05) is 0 Å². The van der Waals surface area contributed by atoms with Gasteiger partial charge in [0.2, 0.25) is 0 Å². The summed E-state index contributed by atoms with van der Waals surface area (Å²) in [6.07, 6.45) is 2.40. The summed E-state index contributed by atoms with van der Waals surface area (Å²) in [5, 5.41) is 3.21. The number of aromatic nitrogens is 2. The average molecular weight is 134 g/mol. The summed E-state index contributed by atoms with van der Waals surface area (Å²) in [7, 11) is 1.55. The number of nitrogens with zero attached hydrogens (tertiary/aromatic N) is 2. The maximum absolute atomic E-state index is 12.0. The molecule has 8 heavy (non-hydrogen) atoms. The predicted octanol–water partition coefficient (Wildman–Crippen LogP) is 1.01. The van der Waals surface area contributed by atoms with Gasteiger partial charge in [0, 0.05) is 7.05 Å². The molecule has 43 valence electrons. The van der Waals surface area contributed by atoms with Gasteiger partial charge in [-0.1, -0.05) is 11.6 Å². The zero-order valence-corrected chi connectivity index (χ0v) is 4.91. The molecule has 1 aromatic rings. The van der Waals surface area contributed by atoms with E-state index >= 15 is 0 Å². The molecule has 0 spiro atoms. The maximum atomic E-state index is 12.0. The number of hydrogen-bond acceptors (Lipinski definition) is 1. The van der Waals surface area contributed by atoms with E-state index in [1.54, 1.807) is 7.05 Å². The molecule has 0 aromatic carbocycles. The normalized spacial score (nSPS) is 9.88. The summed E-state index contributed by atoms with van der Waals surface area (Å²) < 4.78 is 13.2. The van der Waals surface area contributed by atoms with E-state index in [1.165, 1.54) is 4.68 Å². The van der Waals surface area contributed by atoms with Gasteiger partial charge in [-0.2, -0.15) is 4.39 Å². The number of halogens is 2. The molecule has 0 aliphatic carbocycles. The molecule has 0 unspecified atom stereocenters. The molecule has 0 bridgehead atoms. The number of aryl methyl sites for hydroxylation is 1. The lowest BCUT2D eigenvalue weighted by atomic mass is 10.7. The van der Waals surface area contributed by atoms with Crippen molar-refractivity contribution < 1.29 is 4.39 Å². The first kappa shape index (κ1) is 5.56. The minimum atomic E-state index is -0.672. The highest BCUT2D eigenvalue weighted by Gasteiger charge is 2.01. The van der Waals surface area contributed by atoms with Crippen molar-refractivity contribution in [2.75, 3.05) is 0 Å². The van der Waals surface area contributed by atoms with Gasteiger partial charge in [0.15, 0.2) is 0 Å². The van der Waals surface area contributed by atoms with Crippen LogP contribution in [0.4, 0.5) is 4.39 Å². The molecule has 1 radical (unpaired) electrons. The second-order valence-electron chi connectivity index (χ2n) is 1.34. The Morgan fingerprint density at radius 3 is 2.62 bits per heavy atom. The van der Waals surface area contributed by atoms with E-state index in [0.717, 1.165) is 0 Å². The Morgan fingerprint density at radius 1 is 1.88 bits per heavy atom. The van der Waals surface area contributed by atoms with Crippen molar-refractivity contribution in [1.82, 2.24) is 9.78 Å². The van der Waals surface area contributed by atoms with Gasteiger partial charge in [0.05, 0.1) is 0 Å². The third kappa shape index (κ3) is 0.816. The molecule has 2 nitrogen and oxygen atoms in total. The SMILES string of the molecule is Cn1[c]c(Cl)c(F)n1. The highest BCUT2D eigenvalue weighted by molar-refractivity contribution is 6.30. The maximum Gasteiger partial charge on any atom is 0.251 e. The molecule has 1 rings (SSSR count). The minimum absolute atomic E-state index is 0.0625. The van der Waals surface area contributed by atoms with E-state index in [-0.39, 0.29) is 5.02 Å². The summed E-state index contributed by atoms with van der Waals surface area (Å²) in [4.78, 5) is 0. The molecule has 0 aliphatic rings. The van der Waals surface area contributed by atoms with Crippen LogP contribution in [0.15, 0.2) is 0 Å². The Kier molecular flexibility index (Phi) is 1.21. The minimum Gasteiger partial charge on any atom is -0.262 e.